The zero-order valence-corrected chi connectivity index (χ0v) is 11.9. The Kier molecular flexibility index (Phi) is 5.17. The second-order valence-corrected chi connectivity index (χ2v) is 4.45. The molecule has 114 valence electrons. The molecule has 0 bridgehead atoms. The van der Waals surface area contributed by atoms with Crippen molar-refractivity contribution >= 4 is 18.0 Å². The van der Waals surface area contributed by atoms with Crippen LogP contribution in [0.1, 0.15) is 31.8 Å². The van der Waals surface area contributed by atoms with Crippen LogP contribution in [0.2, 0.25) is 0 Å². The molecule has 0 spiro atoms. The molecule has 0 saturated carbocycles. The lowest BCUT2D eigenvalue weighted by molar-refractivity contribution is 0.0706. The normalized spacial score (nSPS) is 10.1. The third-order valence-corrected chi connectivity index (χ3v) is 2.93. The van der Waals surface area contributed by atoms with Crippen molar-refractivity contribution in [2.24, 2.45) is 5.10 Å². The zero-order valence-electron chi connectivity index (χ0n) is 11.9. The Balaban J connectivity index is 1.97. The summed E-state index contributed by atoms with van der Waals surface area (Å²) < 4.78 is 0. The minimum atomic E-state index is -0.657. The fourth-order valence-electron chi connectivity index (χ4n) is 1.71. The number of hydrazone groups is 1. The number of hydroxylamine groups is 1. The molecule has 0 heterocycles. The first-order valence-electron chi connectivity index (χ1n) is 6.52. The molecule has 0 aliphatic carbocycles. The monoisotopic (exact) mass is 308 g/mol. The average Bonchev–Trinajstić information content (AvgIpc) is 2.61. The fourth-order valence-corrected chi connectivity index (χ4v) is 1.71. The molecular weight excluding hydrogens is 296 g/mol. The first-order valence-corrected chi connectivity index (χ1v) is 6.52. The highest BCUT2D eigenvalue weighted by atomic mass is 16.5. The lowest BCUT2D eigenvalue weighted by Crippen LogP contribution is -2.20. The van der Waals surface area contributed by atoms with E-state index in [0.717, 1.165) is 5.56 Å². The molecule has 0 aliphatic heterocycles. The highest BCUT2D eigenvalue weighted by molar-refractivity contribution is 5.97. The van der Waals surface area contributed by atoms with Crippen molar-refractivity contribution in [2.45, 2.75) is 0 Å². The molecule has 0 unspecified atom stereocenters. The van der Waals surface area contributed by atoms with E-state index in [2.05, 4.69) is 10.5 Å². The number of hydrogen-bond donors (Lipinski definition) is 3. The number of nitrogens with zero attached hydrogens (tertiary/aromatic N) is 2. The van der Waals surface area contributed by atoms with Gasteiger partial charge in [0.05, 0.1) is 17.8 Å². The second-order valence-electron chi connectivity index (χ2n) is 4.45. The quantitative estimate of drug-likeness (QED) is 0.450. The van der Waals surface area contributed by atoms with Crippen LogP contribution in [-0.4, -0.2) is 23.2 Å². The van der Waals surface area contributed by atoms with Crippen LogP contribution < -0.4 is 10.9 Å². The first kappa shape index (κ1) is 15.9. The molecule has 2 rings (SSSR count). The lowest BCUT2D eigenvalue weighted by atomic mass is 10.1. The first-order chi connectivity index (χ1) is 11.1. The van der Waals surface area contributed by atoms with Crippen molar-refractivity contribution in [3.05, 3.63) is 70.8 Å². The van der Waals surface area contributed by atoms with Gasteiger partial charge in [-0.1, -0.05) is 12.1 Å². The van der Waals surface area contributed by atoms with Crippen molar-refractivity contribution < 1.29 is 14.8 Å². The Labute approximate surface area is 131 Å². The van der Waals surface area contributed by atoms with E-state index in [1.807, 2.05) is 6.07 Å². The maximum absolute atomic E-state index is 11.9. The smallest absolute Gasteiger partial charge is 0.274 e. The largest absolute Gasteiger partial charge is 0.288 e. The van der Waals surface area contributed by atoms with Crippen LogP contribution in [0.5, 0.6) is 0 Å². The van der Waals surface area contributed by atoms with Crippen molar-refractivity contribution in [3.8, 4) is 6.07 Å². The van der Waals surface area contributed by atoms with Gasteiger partial charge < -0.3 is 0 Å². The van der Waals surface area contributed by atoms with Gasteiger partial charge in [0.1, 0.15) is 0 Å². The van der Waals surface area contributed by atoms with E-state index in [1.54, 1.807) is 24.3 Å². The molecule has 2 amide bonds. The maximum atomic E-state index is 11.9. The van der Waals surface area contributed by atoms with Crippen molar-refractivity contribution in [3.63, 3.8) is 0 Å². The van der Waals surface area contributed by atoms with E-state index < -0.39 is 11.8 Å². The molecule has 0 fully saturated rings. The van der Waals surface area contributed by atoms with Gasteiger partial charge in [-0.05, 0) is 42.0 Å². The van der Waals surface area contributed by atoms with Crippen LogP contribution in [-0.2, 0) is 0 Å². The molecule has 0 saturated heterocycles. The van der Waals surface area contributed by atoms with Gasteiger partial charge in [-0.25, -0.2) is 10.9 Å². The summed E-state index contributed by atoms with van der Waals surface area (Å²) in [4.78, 5) is 23.0. The topological polar surface area (TPSA) is 115 Å². The van der Waals surface area contributed by atoms with Crippen LogP contribution in [0, 0.1) is 11.3 Å². The number of amides is 2. The third-order valence-electron chi connectivity index (χ3n) is 2.93. The number of benzene rings is 2. The summed E-state index contributed by atoms with van der Waals surface area (Å²) in [6.07, 6.45) is 1.45. The van der Waals surface area contributed by atoms with E-state index in [0.29, 0.717) is 11.1 Å². The summed E-state index contributed by atoms with van der Waals surface area (Å²) in [5.41, 5.74) is 5.68. The molecular formula is C16H12N4O3. The highest BCUT2D eigenvalue weighted by Crippen LogP contribution is 2.04. The second kappa shape index (κ2) is 7.49. The van der Waals surface area contributed by atoms with Gasteiger partial charge in [0.15, 0.2) is 0 Å². The van der Waals surface area contributed by atoms with Gasteiger partial charge in [0, 0.05) is 11.1 Å². The molecule has 0 aliphatic rings. The van der Waals surface area contributed by atoms with Gasteiger partial charge >= 0.3 is 0 Å². The standard InChI is InChI=1S/C16H12N4O3/c17-9-11-1-3-12(4-2-11)10-18-19-15(21)13-5-7-14(8-6-13)16(22)20-23/h1-8,10,23H,(H,19,21)(H,20,22)/b18-10+. The zero-order chi connectivity index (χ0) is 16.7. The predicted molar refractivity (Wildman–Crippen MR) is 81.9 cm³/mol. The molecule has 0 atom stereocenters. The van der Waals surface area contributed by atoms with Crippen LogP contribution in [0.3, 0.4) is 0 Å². The van der Waals surface area contributed by atoms with Crippen LogP contribution in [0.15, 0.2) is 53.6 Å². The minimum absolute atomic E-state index is 0.227. The molecule has 7 heteroatoms. The minimum Gasteiger partial charge on any atom is -0.288 e. The van der Waals surface area contributed by atoms with Gasteiger partial charge in [-0.3, -0.25) is 14.8 Å². The van der Waals surface area contributed by atoms with Gasteiger partial charge in [0.2, 0.25) is 0 Å². The van der Waals surface area contributed by atoms with Gasteiger partial charge in [0.25, 0.3) is 11.8 Å². The number of carbonyl (C=O) groups excluding carboxylic acids is 2. The van der Waals surface area contributed by atoms with Crippen molar-refractivity contribution in [1.29, 1.82) is 5.26 Å². The number of rotatable bonds is 4. The summed E-state index contributed by atoms with van der Waals surface area (Å²) in [5, 5.41) is 21.0. The Hall–Kier alpha value is -3.50. The van der Waals surface area contributed by atoms with Crippen LogP contribution in [0.4, 0.5) is 0 Å². The van der Waals surface area contributed by atoms with Crippen LogP contribution in [0.25, 0.3) is 0 Å². The summed E-state index contributed by atoms with van der Waals surface area (Å²) in [6.45, 7) is 0. The number of nitriles is 1. The Bertz CT molecular complexity index is 774. The SMILES string of the molecule is N#Cc1ccc(/C=N/NC(=O)c2ccc(C(=O)NO)cc2)cc1. The summed E-state index contributed by atoms with van der Waals surface area (Å²) in [5.74, 6) is -1.10. The van der Waals surface area contributed by atoms with E-state index in [9.17, 15) is 9.59 Å². The molecule has 0 aromatic heterocycles. The van der Waals surface area contributed by atoms with Crippen molar-refractivity contribution in [1.82, 2.24) is 10.9 Å². The molecule has 7 nitrogen and oxygen atoms in total. The molecule has 0 radical (unpaired) electrons. The van der Waals surface area contributed by atoms with E-state index in [-0.39, 0.29) is 5.56 Å². The molecule has 3 N–H and O–H groups in total. The number of hydrogen-bond acceptors (Lipinski definition) is 5. The van der Waals surface area contributed by atoms with E-state index in [1.165, 1.54) is 36.0 Å². The summed E-state index contributed by atoms with van der Waals surface area (Å²) >= 11 is 0. The Morgan fingerprint density at radius 2 is 1.57 bits per heavy atom. The number of carbonyl (C=O) groups is 2. The summed E-state index contributed by atoms with van der Waals surface area (Å²) in [6, 6.07) is 14.4. The fraction of sp³-hybridized carbons (Fsp3) is 0. The van der Waals surface area contributed by atoms with Gasteiger partial charge in [-0.15, -0.1) is 0 Å². The average molecular weight is 308 g/mol. The van der Waals surface area contributed by atoms with E-state index >= 15 is 0 Å². The molecule has 2 aromatic carbocycles. The van der Waals surface area contributed by atoms with Crippen LogP contribution >= 0.6 is 0 Å². The maximum Gasteiger partial charge on any atom is 0.274 e. The predicted octanol–water partition coefficient (Wildman–Crippen LogP) is 1.44. The highest BCUT2D eigenvalue weighted by Gasteiger charge is 2.07. The van der Waals surface area contributed by atoms with Gasteiger partial charge in [-0.2, -0.15) is 10.4 Å². The third kappa shape index (κ3) is 4.23. The molecule has 2 aromatic rings. The van der Waals surface area contributed by atoms with Crippen molar-refractivity contribution in [2.75, 3.05) is 0 Å². The Morgan fingerprint density at radius 3 is 2.09 bits per heavy atom. The van der Waals surface area contributed by atoms with E-state index in [4.69, 9.17) is 10.5 Å². The summed E-state index contributed by atoms with van der Waals surface area (Å²) in [7, 11) is 0. The Morgan fingerprint density at radius 1 is 1.00 bits per heavy atom. The number of nitrogens with one attached hydrogen (secondary N) is 2. The lowest BCUT2D eigenvalue weighted by Gasteiger charge is -2.02. The molecule has 23 heavy (non-hydrogen) atoms.